The molecular weight excluding hydrogens is 222 g/mol. The van der Waals surface area contributed by atoms with Crippen molar-refractivity contribution < 1.29 is 14.3 Å². The van der Waals surface area contributed by atoms with Gasteiger partial charge in [-0.2, -0.15) is 0 Å². The molecule has 1 aromatic carbocycles. The average Bonchev–Trinajstić information content (AvgIpc) is 2.30. The molecule has 0 aliphatic rings. The smallest absolute Gasteiger partial charge is 0.191 e. The third-order valence-corrected chi connectivity index (χ3v) is 2.14. The fourth-order valence-electron chi connectivity index (χ4n) is 1.47. The second-order valence-electron chi connectivity index (χ2n) is 3.24. The first-order chi connectivity index (χ1) is 8.12. The summed E-state index contributed by atoms with van der Waals surface area (Å²) in [5.74, 6) is 0.963. The van der Waals surface area contributed by atoms with Crippen LogP contribution in [0.4, 0.5) is 5.69 Å². The summed E-state index contributed by atoms with van der Waals surface area (Å²) in [6.45, 7) is 0. The minimum atomic E-state index is -0.0581. The molecule has 0 atom stereocenters. The molecule has 0 fully saturated rings. The lowest BCUT2D eigenvalue weighted by Gasteiger charge is -2.12. The predicted octanol–water partition coefficient (Wildman–Crippen LogP) is 0.350. The number of rotatable bonds is 5. The summed E-state index contributed by atoms with van der Waals surface area (Å²) in [6, 6.07) is 3.28. The van der Waals surface area contributed by atoms with E-state index < -0.39 is 0 Å². The Hall–Kier alpha value is -2.24. The predicted molar refractivity (Wildman–Crippen MR) is 64.8 cm³/mol. The van der Waals surface area contributed by atoms with Crippen LogP contribution in [-0.2, 0) is 11.2 Å². The van der Waals surface area contributed by atoms with Gasteiger partial charge in [0.25, 0.3) is 0 Å². The lowest BCUT2D eigenvalue weighted by Crippen LogP contribution is -2.21. The molecule has 0 aliphatic carbocycles. The van der Waals surface area contributed by atoms with E-state index in [9.17, 15) is 4.79 Å². The van der Waals surface area contributed by atoms with Gasteiger partial charge >= 0.3 is 0 Å². The minimum absolute atomic E-state index is 0.0581. The monoisotopic (exact) mass is 237 g/mol. The van der Waals surface area contributed by atoms with E-state index in [0.717, 1.165) is 6.29 Å². The maximum atomic E-state index is 10.6. The average molecular weight is 237 g/mol. The Labute approximate surface area is 99.2 Å². The zero-order valence-corrected chi connectivity index (χ0v) is 9.77. The van der Waals surface area contributed by atoms with Crippen molar-refractivity contribution in [2.45, 2.75) is 6.42 Å². The first-order valence-corrected chi connectivity index (χ1v) is 4.90. The van der Waals surface area contributed by atoms with E-state index in [-0.39, 0.29) is 12.4 Å². The van der Waals surface area contributed by atoms with Crippen LogP contribution in [0.5, 0.6) is 11.5 Å². The fourth-order valence-corrected chi connectivity index (χ4v) is 1.47. The Morgan fingerprint density at radius 2 is 1.82 bits per heavy atom. The van der Waals surface area contributed by atoms with Gasteiger partial charge in [0, 0.05) is 24.1 Å². The SMILES string of the molecule is COc1cc(N=C(N)N)cc(OC)c1CC=O. The number of hydrogen-bond acceptors (Lipinski definition) is 4. The van der Waals surface area contributed by atoms with Gasteiger partial charge in [-0.05, 0) is 0 Å². The molecule has 0 heterocycles. The maximum absolute atomic E-state index is 10.6. The number of carbonyl (C=O) groups excluding carboxylic acids is 1. The van der Waals surface area contributed by atoms with Gasteiger partial charge in [-0.1, -0.05) is 0 Å². The van der Waals surface area contributed by atoms with Gasteiger partial charge < -0.3 is 25.7 Å². The van der Waals surface area contributed by atoms with Crippen molar-refractivity contribution in [2.24, 2.45) is 16.5 Å². The van der Waals surface area contributed by atoms with Crippen molar-refractivity contribution in [3.63, 3.8) is 0 Å². The van der Waals surface area contributed by atoms with Gasteiger partial charge in [-0.3, -0.25) is 0 Å². The molecule has 0 unspecified atom stereocenters. The van der Waals surface area contributed by atoms with E-state index in [0.29, 0.717) is 22.7 Å². The third-order valence-electron chi connectivity index (χ3n) is 2.14. The number of ether oxygens (including phenoxy) is 2. The molecule has 1 aromatic rings. The second-order valence-corrected chi connectivity index (χ2v) is 3.24. The Bertz CT molecular complexity index is 415. The van der Waals surface area contributed by atoms with E-state index in [1.54, 1.807) is 12.1 Å². The van der Waals surface area contributed by atoms with Crippen LogP contribution in [0.3, 0.4) is 0 Å². The van der Waals surface area contributed by atoms with Gasteiger partial charge in [0.1, 0.15) is 17.8 Å². The molecule has 0 saturated carbocycles. The number of hydrogen-bond donors (Lipinski definition) is 2. The number of guanidine groups is 1. The quantitative estimate of drug-likeness (QED) is 0.437. The molecule has 4 N–H and O–H groups in total. The molecule has 6 heteroatoms. The molecule has 1 rings (SSSR count). The molecule has 0 radical (unpaired) electrons. The van der Waals surface area contributed by atoms with Crippen LogP contribution in [0.25, 0.3) is 0 Å². The van der Waals surface area contributed by atoms with Crippen LogP contribution >= 0.6 is 0 Å². The van der Waals surface area contributed by atoms with E-state index in [1.807, 2.05) is 0 Å². The highest BCUT2D eigenvalue weighted by molar-refractivity contribution is 5.79. The highest BCUT2D eigenvalue weighted by Gasteiger charge is 2.12. The Balaban J connectivity index is 3.33. The Morgan fingerprint density at radius 3 is 2.18 bits per heavy atom. The van der Waals surface area contributed by atoms with E-state index >= 15 is 0 Å². The van der Waals surface area contributed by atoms with Crippen LogP contribution in [0.2, 0.25) is 0 Å². The third kappa shape index (κ3) is 3.10. The first kappa shape index (κ1) is 12.8. The number of nitrogens with zero attached hydrogens (tertiary/aromatic N) is 1. The zero-order chi connectivity index (χ0) is 12.8. The summed E-state index contributed by atoms with van der Waals surface area (Å²) in [5.41, 5.74) is 11.8. The standard InChI is InChI=1S/C11H15N3O3/c1-16-9-5-7(14-11(12)13)6-10(17-2)8(9)3-4-15/h4-6H,3H2,1-2H3,(H4,12,13,14). The topological polar surface area (TPSA) is 99.9 Å². The van der Waals surface area contributed by atoms with Crippen molar-refractivity contribution in [2.75, 3.05) is 14.2 Å². The number of carbonyl (C=O) groups is 1. The number of methoxy groups -OCH3 is 2. The van der Waals surface area contributed by atoms with Crippen molar-refractivity contribution in [1.29, 1.82) is 0 Å². The normalized spacial score (nSPS) is 9.53. The second kappa shape index (κ2) is 5.74. The molecule has 0 amide bonds. The highest BCUT2D eigenvalue weighted by atomic mass is 16.5. The van der Waals surface area contributed by atoms with Crippen LogP contribution in [-0.4, -0.2) is 26.5 Å². The van der Waals surface area contributed by atoms with Crippen LogP contribution in [0.1, 0.15) is 5.56 Å². The van der Waals surface area contributed by atoms with Crippen molar-refractivity contribution in [1.82, 2.24) is 0 Å². The lowest BCUT2D eigenvalue weighted by atomic mass is 10.1. The summed E-state index contributed by atoms with van der Waals surface area (Å²) < 4.78 is 10.3. The maximum Gasteiger partial charge on any atom is 0.191 e. The van der Waals surface area contributed by atoms with E-state index in [1.165, 1.54) is 14.2 Å². The number of benzene rings is 1. The molecule has 17 heavy (non-hydrogen) atoms. The Morgan fingerprint density at radius 1 is 1.29 bits per heavy atom. The number of aliphatic imine (C=N–C) groups is 1. The molecule has 0 aromatic heterocycles. The van der Waals surface area contributed by atoms with Crippen molar-refractivity contribution in [3.05, 3.63) is 17.7 Å². The summed E-state index contributed by atoms with van der Waals surface area (Å²) >= 11 is 0. The molecule has 92 valence electrons. The lowest BCUT2D eigenvalue weighted by molar-refractivity contribution is -0.107. The zero-order valence-electron chi connectivity index (χ0n) is 9.77. The van der Waals surface area contributed by atoms with E-state index in [4.69, 9.17) is 20.9 Å². The molecule has 0 saturated heterocycles. The summed E-state index contributed by atoms with van der Waals surface area (Å²) in [6.07, 6.45) is 0.981. The van der Waals surface area contributed by atoms with Crippen LogP contribution in [0, 0.1) is 0 Å². The molecule has 0 spiro atoms. The van der Waals surface area contributed by atoms with Gasteiger partial charge in [0.15, 0.2) is 5.96 Å². The summed E-state index contributed by atoms with van der Waals surface area (Å²) in [7, 11) is 3.00. The largest absolute Gasteiger partial charge is 0.496 e. The van der Waals surface area contributed by atoms with Gasteiger partial charge in [0.05, 0.1) is 19.9 Å². The van der Waals surface area contributed by atoms with Gasteiger partial charge in [0.2, 0.25) is 0 Å². The van der Waals surface area contributed by atoms with Crippen LogP contribution in [0.15, 0.2) is 17.1 Å². The Kier molecular flexibility index (Phi) is 4.33. The van der Waals surface area contributed by atoms with Gasteiger partial charge in [-0.15, -0.1) is 0 Å². The summed E-state index contributed by atoms with van der Waals surface area (Å²) in [4.78, 5) is 14.5. The van der Waals surface area contributed by atoms with Crippen molar-refractivity contribution >= 4 is 17.9 Å². The first-order valence-electron chi connectivity index (χ1n) is 4.90. The van der Waals surface area contributed by atoms with Gasteiger partial charge in [-0.25, -0.2) is 4.99 Å². The summed E-state index contributed by atoms with van der Waals surface area (Å²) in [5, 5.41) is 0. The van der Waals surface area contributed by atoms with Crippen LogP contribution < -0.4 is 20.9 Å². The minimum Gasteiger partial charge on any atom is -0.496 e. The fraction of sp³-hybridized carbons (Fsp3) is 0.273. The van der Waals surface area contributed by atoms with E-state index in [2.05, 4.69) is 4.99 Å². The van der Waals surface area contributed by atoms with Crippen molar-refractivity contribution in [3.8, 4) is 11.5 Å². The molecule has 0 aliphatic heterocycles. The molecular formula is C11H15N3O3. The number of aldehydes is 1. The highest BCUT2D eigenvalue weighted by Crippen LogP contribution is 2.34. The molecule has 6 nitrogen and oxygen atoms in total. The number of nitrogens with two attached hydrogens (primary N) is 2. The molecule has 0 bridgehead atoms.